The Hall–Kier alpha value is -2.83. The lowest BCUT2D eigenvalue weighted by molar-refractivity contribution is -0.135. The van der Waals surface area contributed by atoms with Crippen LogP contribution in [-0.2, 0) is 11.3 Å². The van der Waals surface area contributed by atoms with Crippen LogP contribution in [0.2, 0.25) is 0 Å². The zero-order valence-corrected chi connectivity index (χ0v) is 18.9. The van der Waals surface area contributed by atoms with Gasteiger partial charge < -0.3 is 19.1 Å². The monoisotopic (exact) mass is 426 g/mol. The summed E-state index contributed by atoms with van der Waals surface area (Å²) in [6, 6.07) is 7.35. The van der Waals surface area contributed by atoms with E-state index in [0.29, 0.717) is 49.9 Å². The molecule has 1 aliphatic heterocycles. The number of aromatic nitrogens is 2. The number of hydrogen-bond acceptors (Lipinski definition) is 4. The first kappa shape index (κ1) is 22.8. The van der Waals surface area contributed by atoms with Crippen molar-refractivity contribution in [1.82, 2.24) is 19.4 Å². The Kier molecular flexibility index (Phi) is 8.09. The fourth-order valence-corrected chi connectivity index (χ4v) is 4.02. The number of aryl methyl sites for hydroxylation is 1. The second kappa shape index (κ2) is 11.0. The highest BCUT2D eigenvalue weighted by Gasteiger charge is 2.26. The van der Waals surface area contributed by atoms with Gasteiger partial charge in [0, 0.05) is 45.5 Å². The molecule has 1 aromatic carbocycles. The summed E-state index contributed by atoms with van der Waals surface area (Å²) >= 11 is 0. The molecular formula is C24H34N4O3. The van der Waals surface area contributed by atoms with E-state index >= 15 is 0 Å². The maximum atomic E-state index is 13.2. The van der Waals surface area contributed by atoms with Crippen molar-refractivity contribution in [3.05, 3.63) is 48.5 Å². The Morgan fingerprint density at radius 1 is 1.23 bits per heavy atom. The first-order chi connectivity index (χ1) is 15.0. The van der Waals surface area contributed by atoms with Crippen LogP contribution in [0.25, 0.3) is 0 Å². The smallest absolute Gasteiger partial charge is 0.257 e. The molecule has 31 heavy (non-hydrogen) atoms. The molecule has 0 spiro atoms. The number of nitrogens with zero attached hydrogens (tertiary/aromatic N) is 4. The van der Waals surface area contributed by atoms with Crippen molar-refractivity contribution < 1.29 is 14.3 Å². The number of hydrogen-bond donors (Lipinski definition) is 0. The lowest BCUT2D eigenvalue weighted by Crippen LogP contribution is -2.45. The van der Waals surface area contributed by atoms with Gasteiger partial charge >= 0.3 is 0 Å². The summed E-state index contributed by atoms with van der Waals surface area (Å²) in [7, 11) is 1.82. The molecule has 0 N–H and O–H groups in total. The van der Waals surface area contributed by atoms with E-state index in [0.717, 1.165) is 19.3 Å². The third-order valence-corrected chi connectivity index (χ3v) is 5.69. The van der Waals surface area contributed by atoms with Crippen LogP contribution in [0.5, 0.6) is 5.75 Å². The topological polar surface area (TPSA) is 67.7 Å². The maximum absolute atomic E-state index is 13.2. The third kappa shape index (κ3) is 6.32. The molecular weight excluding hydrogens is 392 g/mol. The summed E-state index contributed by atoms with van der Waals surface area (Å²) in [5.74, 6) is 1.12. The number of imidazole rings is 1. The van der Waals surface area contributed by atoms with Crippen molar-refractivity contribution in [3.63, 3.8) is 0 Å². The lowest BCUT2D eigenvalue weighted by atomic mass is 10.0. The zero-order chi connectivity index (χ0) is 22.2. The number of fused-ring (bicyclic) bond motifs is 1. The van der Waals surface area contributed by atoms with Gasteiger partial charge in [-0.25, -0.2) is 4.98 Å². The van der Waals surface area contributed by atoms with E-state index in [1.165, 1.54) is 0 Å². The number of amides is 2. The van der Waals surface area contributed by atoms with Gasteiger partial charge in [-0.3, -0.25) is 9.59 Å². The number of carbonyl (C=O) groups is 2. The van der Waals surface area contributed by atoms with E-state index in [1.807, 2.05) is 47.0 Å². The van der Waals surface area contributed by atoms with Crippen LogP contribution in [-0.4, -0.2) is 64.0 Å². The summed E-state index contributed by atoms with van der Waals surface area (Å²) in [6.07, 6.45) is 8.33. The molecule has 168 valence electrons. The van der Waals surface area contributed by atoms with Crippen LogP contribution < -0.4 is 4.74 Å². The Morgan fingerprint density at radius 3 is 2.74 bits per heavy atom. The second-order valence-electron chi connectivity index (χ2n) is 8.66. The Morgan fingerprint density at radius 2 is 2.00 bits per heavy atom. The van der Waals surface area contributed by atoms with Crippen LogP contribution in [0, 0.1) is 5.92 Å². The first-order valence-corrected chi connectivity index (χ1v) is 11.2. The van der Waals surface area contributed by atoms with Gasteiger partial charge in [0.15, 0.2) is 0 Å². The van der Waals surface area contributed by atoms with Gasteiger partial charge in [0.25, 0.3) is 5.91 Å². The highest BCUT2D eigenvalue weighted by atomic mass is 16.5. The summed E-state index contributed by atoms with van der Waals surface area (Å²) < 4.78 is 8.10. The Labute approximate surface area is 185 Å². The van der Waals surface area contributed by atoms with Crippen LogP contribution in [0.3, 0.4) is 0 Å². The summed E-state index contributed by atoms with van der Waals surface area (Å²) in [6.45, 7) is 6.65. The third-order valence-electron chi connectivity index (χ3n) is 5.69. The molecule has 1 aromatic heterocycles. The van der Waals surface area contributed by atoms with Crippen molar-refractivity contribution in [2.75, 3.05) is 26.7 Å². The van der Waals surface area contributed by atoms with Crippen molar-refractivity contribution in [2.24, 2.45) is 5.92 Å². The van der Waals surface area contributed by atoms with Crippen LogP contribution in [0.4, 0.5) is 0 Å². The van der Waals surface area contributed by atoms with Crippen LogP contribution in [0.15, 0.2) is 43.0 Å². The standard InChI is InChI=1S/C24H34N4O3/c1-19(2)16-20-17-31-22-9-5-4-8-21(22)24(30)26(3)12-6-7-13-28(20)23(29)10-14-27-15-11-25-18-27/h4-5,8-9,11,15,18-20H,6-7,10,12-14,16-17H2,1-3H3/t20-/m0/s1. The van der Waals surface area contributed by atoms with E-state index in [4.69, 9.17) is 4.74 Å². The molecule has 2 amide bonds. The van der Waals surface area contributed by atoms with Crippen LogP contribution in [0.1, 0.15) is 49.9 Å². The molecule has 0 saturated carbocycles. The Bertz CT molecular complexity index is 850. The second-order valence-corrected chi connectivity index (χ2v) is 8.66. The number of para-hydroxylation sites is 1. The van der Waals surface area contributed by atoms with Gasteiger partial charge in [0.05, 0.1) is 17.9 Å². The quantitative estimate of drug-likeness (QED) is 0.734. The minimum absolute atomic E-state index is 0.0233. The predicted octanol–water partition coefficient (Wildman–Crippen LogP) is 3.46. The first-order valence-electron chi connectivity index (χ1n) is 11.2. The minimum Gasteiger partial charge on any atom is -0.491 e. The Balaban J connectivity index is 1.81. The average Bonchev–Trinajstić information content (AvgIpc) is 3.27. The van der Waals surface area contributed by atoms with Gasteiger partial charge in [0.2, 0.25) is 5.91 Å². The molecule has 2 heterocycles. The summed E-state index contributed by atoms with van der Waals surface area (Å²) in [5.41, 5.74) is 0.576. The van der Waals surface area contributed by atoms with Gasteiger partial charge in [-0.2, -0.15) is 0 Å². The SMILES string of the molecule is CC(C)C[C@H]1COc2ccccc2C(=O)N(C)CCCCN1C(=O)CCn1ccnc1. The van der Waals surface area contributed by atoms with Crippen molar-refractivity contribution in [3.8, 4) is 5.75 Å². The van der Waals surface area contributed by atoms with E-state index < -0.39 is 0 Å². The van der Waals surface area contributed by atoms with E-state index in [-0.39, 0.29) is 17.9 Å². The zero-order valence-electron chi connectivity index (χ0n) is 18.9. The molecule has 0 radical (unpaired) electrons. The summed E-state index contributed by atoms with van der Waals surface area (Å²) in [5, 5.41) is 0. The van der Waals surface area contributed by atoms with Crippen molar-refractivity contribution in [2.45, 2.75) is 52.1 Å². The van der Waals surface area contributed by atoms with E-state index in [1.54, 1.807) is 17.4 Å². The predicted molar refractivity (Wildman–Crippen MR) is 120 cm³/mol. The van der Waals surface area contributed by atoms with Crippen molar-refractivity contribution >= 4 is 11.8 Å². The molecule has 7 nitrogen and oxygen atoms in total. The van der Waals surface area contributed by atoms with Crippen LogP contribution >= 0.6 is 0 Å². The van der Waals surface area contributed by atoms with E-state index in [2.05, 4.69) is 18.8 Å². The molecule has 0 unspecified atom stereocenters. The number of benzene rings is 1. The number of rotatable bonds is 5. The number of ether oxygens (including phenoxy) is 1. The molecule has 0 aliphatic carbocycles. The van der Waals surface area contributed by atoms with Crippen molar-refractivity contribution in [1.29, 1.82) is 0 Å². The fourth-order valence-electron chi connectivity index (χ4n) is 4.02. The fraction of sp³-hybridized carbons (Fsp3) is 0.542. The molecule has 1 atom stereocenters. The highest BCUT2D eigenvalue weighted by Crippen LogP contribution is 2.23. The molecule has 0 fully saturated rings. The molecule has 0 bridgehead atoms. The largest absolute Gasteiger partial charge is 0.491 e. The average molecular weight is 427 g/mol. The van der Waals surface area contributed by atoms with Gasteiger partial charge in [0.1, 0.15) is 12.4 Å². The minimum atomic E-state index is -0.0319. The van der Waals surface area contributed by atoms with E-state index in [9.17, 15) is 9.59 Å². The molecule has 3 rings (SSSR count). The molecule has 2 aromatic rings. The van der Waals surface area contributed by atoms with Gasteiger partial charge in [-0.15, -0.1) is 0 Å². The summed E-state index contributed by atoms with van der Waals surface area (Å²) in [4.78, 5) is 33.9. The maximum Gasteiger partial charge on any atom is 0.257 e. The molecule has 1 aliphatic rings. The normalized spacial score (nSPS) is 18.2. The van der Waals surface area contributed by atoms with Gasteiger partial charge in [-0.1, -0.05) is 26.0 Å². The molecule has 0 saturated heterocycles. The lowest BCUT2D eigenvalue weighted by Gasteiger charge is -2.34. The van der Waals surface area contributed by atoms with Gasteiger partial charge in [-0.05, 0) is 37.3 Å². The number of carbonyl (C=O) groups excluding carboxylic acids is 2. The highest BCUT2D eigenvalue weighted by molar-refractivity contribution is 5.96. The molecule has 7 heteroatoms.